The number of fused-ring (bicyclic) bond motifs is 1. The van der Waals surface area contributed by atoms with Gasteiger partial charge in [0.25, 0.3) is 5.91 Å². The van der Waals surface area contributed by atoms with Crippen molar-refractivity contribution >= 4 is 22.6 Å². The number of amides is 1. The second-order valence-corrected chi connectivity index (χ2v) is 7.10. The molecule has 6 nitrogen and oxygen atoms in total. The minimum atomic E-state index is -0.175. The fraction of sp³-hybridized carbons (Fsp3) is 0.227. The Balaban J connectivity index is 1.54. The molecular weight excluding hydrogens is 352 g/mol. The van der Waals surface area contributed by atoms with Gasteiger partial charge in [-0.05, 0) is 37.1 Å². The fourth-order valence-electron chi connectivity index (χ4n) is 3.95. The zero-order valence-corrected chi connectivity index (χ0v) is 15.3. The molecule has 0 bridgehead atoms. The summed E-state index contributed by atoms with van der Waals surface area (Å²) in [5, 5.41) is 8.30. The molecule has 0 atom stereocenters. The van der Waals surface area contributed by atoms with Gasteiger partial charge in [0.15, 0.2) is 5.76 Å². The summed E-state index contributed by atoms with van der Waals surface area (Å²) in [5.74, 6) is 1.19. The first-order valence-electron chi connectivity index (χ1n) is 9.58. The SMILES string of the molecule is O=C(Nc1ccnn1C1CCCC1)c1cc(-c2ccco2)nc2ccccc12. The predicted molar refractivity (Wildman–Crippen MR) is 107 cm³/mol. The maximum atomic E-state index is 13.2. The summed E-state index contributed by atoms with van der Waals surface area (Å²) in [6.07, 6.45) is 7.97. The standard InChI is InChI=1S/C22H20N4O2/c27-22(25-21-11-12-23-26(21)15-6-1-2-7-15)17-14-19(20-10-5-13-28-20)24-18-9-4-3-8-16(17)18/h3-5,8-15H,1-2,6-7H2,(H,25,27). The van der Waals surface area contributed by atoms with E-state index in [1.807, 2.05) is 47.1 Å². The Bertz CT molecular complexity index is 1120. The lowest BCUT2D eigenvalue weighted by Crippen LogP contribution is -2.18. The van der Waals surface area contributed by atoms with Crippen LogP contribution in [0.3, 0.4) is 0 Å². The Hall–Kier alpha value is -3.41. The van der Waals surface area contributed by atoms with E-state index in [-0.39, 0.29) is 5.91 Å². The maximum absolute atomic E-state index is 13.2. The highest BCUT2D eigenvalue weighted by Crippen LogP contribution is 2.32. The summed E-state index contributed by atoms with van der Waals surface area (Å²) < 4.78 is 7.43. The molecule has 1 aliphatic rings. The lowest BCUT2D eigenvalue weighted by molar-refractivity contribution is 0.102. The second kappa shape index (κ2) is 6.96. The number of furan rings is 1. The van der Waals surface area contributed by atoms with E-state index in [0.29, 0.717) is 23.1 Å². The van der Waals surface area contributed by atoms with Crippen molar-refractivity contribution in [2.45, 2.75) is 31.7 Å². The molecule has 4 aromatic rings. The van der Waals surface area contributed by atoms with Gasteiger partial charge in [-0.25, -0.2) is 9.67 Å². The summed E-state index contributed by atoms with van der Waals surface area (Å²) in [5.41, 5.74) is 1.96. The van der Waals surface area contributed by atoms with Crippen molar-refractivity contribution in [1.82, 2.24) is 14.8 Å². The predicted octanol–water partition coefficient (Wildman–Crippen LogP) is 5.06. The molecule has 1 saturated carbocycles. The van der Waals surface area contributed by atoms with E-state index in [1.54, 1.807) is 18.5 Å². The van der Waals surface area contributed by atoms with Crippen molar-refractivity contribution in [2.24, 2.45) is 0 Å². The number of aromatic nitrogens is 3. The molecule has 6 heteroatoms. The Morgan fingerprint density at radius 1 is 1.11 bits per heavy atom. The molecule has 28 heavy (non-hydrogen) atoms. The van der Waals surface area contributed by atoms with E-state index in [4.69, 9.17) is 4.42 Å². The number of nitrogens with zero attached hydrogens (tertiary/aromatic N) is 3. The molecule has 1 amide bonds. The molecule has 1 fully saturated rings. The van der Waals surface area contributed by atoms with Gasteiger partial charge in [0, 0.05) is 11.5 Å². The van der Waals surface area contributed by atoms with E-state index in [1.165, 1.54) is 12.8 Å². The van der Waals surface area contributed by atoms with Gasteiger partial charge in [-0.1, -0.05) is 31.0 Å². The van der Waals surface area contributed by atoms with Gasteiger partial charge in [-0.2, -0.15) is 5.10 Å². The largest absolute Gasteiger partial charge is 0.463 e. The number of rotatable bonds is 4. The van der Waals surface area contributed by atoms with Crippen molar-refractivity contribution in [3.63, 3.8) is 0 Å². The summed E-state index contributed by atoms with van der Waals surface area (Å²) in [7, 11) is 0. The van der Waals surface area contributed by atoms with Gasteiger partial charge in [0.1, 0.15) is 11.5 Å². The van der Waals surface area contributed by atoms with E-state index < -0.39 is 0 Å². The third-order valence-corrected chi connectivity index (χ3v) is 5.32. The highest BCUT2D eigenvalue weighted by Gasteiger charge is 2.22. The molecule has 0 radical (unpaired) electrons. The molecule has 0 aliphatic heterocycles. The number of para-hydroxylation sites is 1. The molecular formula is C22H20N4O2. The Kier molecular flexibility index (Phi) is 4.16. The second-order valence-electron chi connectivity index (χ2n) is 7.10. The minimum absolute atomic E-state index is 0.175. The maximum Gasteiger partial charge on any atom is 0.257 e. The molecule has 140 valence electrons. The minimum Gasteiger partial charge on any atom is -0.463 e. The highest BCUT2D eigenvalue weighted by atomic mass is 16.3. The fourth-order valence-corrected chi connectivity index (χ4v) is 3.95. The third kappa shape index (κ3) is 2.97. The third-order valence-electron chi connectivity index (χ3n) is 5.32. The molecule has 3 aromatic heterocycles. The van der Waals surface area contributed by atoms with Gasteiger partial charge in [0.2, 0.25) is 0 Å². The smallest absolute Gasteiger partial charge is 0.257 e. The van der Waals surface area contributed by atoms with Crippen molar-refractivity contribution < 1.29 is 9.21 Å². The zero-order valence-electron chi connectivity index (χ0n) is 15.3. The zero-order chi connectivity index (χ0) is 18.9. The number of benzene rings is 1. The van der Waals surface area contributed by atoms with Gasteiger partial charge in [-0.15, -0.1) is 0 Å². The normalized spacial score (nSPS) is 14.6. The number of carbonyl (C=O) groups is 1. The van der Waals surface area contributed by atoms with Crippen LogP contribution in [0.25, 0.3) is 22.4 Å². The molecule has 1 aliphatic carbocycles. The summed E-state index contributed by atoms with van der Waals surface area (Å²) in [6.45, 7) is 0. The number of pyridine rings is 1. The van der Waals surface area contributed by atoms with Crippen LogP contribution >= 0.6 is 0 Å². The van der Waals surface area contributed by atoms with Gasteiger partial charge < -0.3 is 9.73 Å². The molecule has 1 aromatic carbocycles. The van der Waals surface area contributed by atoms with Crippen LogP contribution in [0.1, 0.15) is 42.1 Å². The quantitative estimate of drug-likeness (QED) is 0.543. The molecule has 0 unspecified atom stereocenters. The van der Waals surface area contributed by atoms with Crippen LogP contribution < -0.4 is 5.32 Å². The number of nitrogens with one attached hydrogen (secondary N) is 1. The Morgan fingerprint density at radius 2 is 1.96 bits per heavy atom. The van der Waals surface area contributed by atoms with Crippen LogP contribution in [-0.4, -0.2) is 20.7 Å². The first kappa shape index (κ1) is 16.7. The molecule has 1 N–H and O–H groups in total. The van der Waals surface area contributed by atoms with Gasteiger partial charge >= 0.3 is 0 Å². The molecule has 0 spiro atoms. The number of anilines is 1. The van der Waals surface area contributed by atoms with E-state index in [9.17, 15) is 4.79 Å². The number of hydrogen-bond donors (Lipinski definition) is 1. The molecule has 0 saturated heterocycles. The van der Waals surface area contributed by atoms with E-state index in [0.717, 1.165) is 29.6 Å². The summed E-state index contributed by atoms with van der Waals surface area (Å²) in [4.78, 5) is 17.9. The van der Waals surface area contributed by atoms with Crippen LogP contribution in [0.15, 0.2) is 65.4 Å². The van der Waals surface area contributed by atoms with Crippen molar-refractivity contribution in [3.8, 4) is 11.5 Å². The molecule has 3 heterocycles. The van der Waals surface area contributed by atoms with Gasteiger partial charge in [-0.3, -0.25) is 4.79 Å². The average molecular weight is 372 g/mol. The lowest BCUT2D eigenvalue weighted by atomic mass is 10.1. The first-order chi connectivity index (χ1) is 13.8. The topological polar surface area (TPSA) is 73.0 Å². The molecule has 5 rings (SSSR count). The van der Waals surface area contributed by atoms with Crippen molar-refractivity contribution in [3.05, 3.63) is 66.6 Å². The number of hydrogen-bond acceptors (Lipinski definition) is 4. The van der Waals surface area contributed by atoms with Crippen molar-refractivity contribution in [1.29, 1.82) is 0 Å². The van der Waals surface area contributed by atoms with Gasteiger partial charge in [0.05, 0.1) is 29.6 Å². The van der Waals surface area contributed by atoms with Crippen LogP contribution in [0.5, 0.6) is 0 Å². The van der Waals surface area contributed by atoms with Crippen LogP contribution in [0.4, 0.5) is 5.82 Å². The Morgan fingerprint density at radius 3 is 2.79 bits per heavy atom. The Labute approximate surface area is 162 Å². The highest BCUT2D eigenvalue weighted by molar-refractivity contribution is 6.12. The number of carbonyl (C=O) groups excluding carboxylic acids is 1. The summed E-state index contributed by atoms with van der Waals surface area (Å²) >= 11 is 0. The average Bonchev–Trinajstić information content (AvgIpc) is 3.48. The van der Waals surface area contributed by atoms with Crippen LogP contribution in [-0.2, 0) is 0 Å². The van der Waals surface area contributed by atoms with E-state index in [2.05, 4.69) is 15.4 Å². The summed E-state index contributed by atoms with van der Waals surface area (Å²) in [6, 6.07) is 15.3. The first-order valence-corrected chi connectivity index (χ1v) is 9.58. The van der Waals surface area contributed by atoms with Crippen LogP contribution in [0, 0.1) is 0 Å². The van der Waals surface area contributed by atoms with Crippen LogP contribution in [0.2, 0.25) is 0 Å². The van der Waals surface area contributed by atoms with E-state index >= 15 is 0 Å². The van der Waals surface area contributed by atoms with Crippen molar-refractivity contribution in [2.75, 3.05) is 5.32 Å². The lowest BCUT2D eigenvalue weighted by Gasteiger charge is -2.15. The monoisotopic (exact) mass is 372 g/mol.